The number of esters is 2. The van der Waals surface area contributed by atoms with E-state index in [1.54, 1.807) is 26.0 Å². The first-order valence-corrected chi connectivity index (χ1v) is 7.97. The van der Waals surface area contributed by atoms with Gasteiger partial charge in [0.2, 0.25) is 0 Å². The van der Waals surface area contributed by atoms with Gasteiger partial charge in [-0.05, 0) is 35.4 Å². The third-order valence-electron chi connectivity index (χ3n) is 4.06. The summed E-state index contributed by atoms with van der Waals surface area (Å²) in [6.45, 7) is 10.1. The molecule has 140 valence electrons. The van der Waals surface area contributed by atoms with Crippen LogP contribution in [0.2, 0.25) is 0 Å². The van der Waals surface area contributed by atoms with Crippen molar-refractivity contribution < 1.29 is 27.8 Å². The zero-order valence-corrected chi connectivity index (χ0v) is 14.9. The smallest absolute Gasteiger partial charge is 0.335 e. The molecule has 2 aromatic rings. The number of hydrogen-bond donors (Lipinski definition) is 0. The maximum absolute atomic E-state index is 14.3. The van der Waals surface area contributed by atoms with Gasteiger partial charge in [0, 0.05) is 17.6 Å². The minimum absolute atomic E-state index is 0.225. The van der Waals surface area contributed by atoms with E-state index in [1.807, 2.05) is 0 Å². The van der Waals surface area contributed by atoms with Crippen LogP contribution in [0.3, 0.4) is 0 Å². The highest BCUT2D eigenvalue weighted by atomic mass is 19.1. The van der Waals surface area contributed by atoms with Crippen LogP contribution in [0.15, 0.2) is 61.7 Å². The molecule has 0 aliphatic carbocycles. The molecule has 0 atom stereocenters. The predicted molar refractivity (Wildman–Crippen MR) is 96.6 cm³/mol. The van der Waals surface area contributed by atoms with Gasteiger partial charge in [-0.1, -0.05) is 39.1 Å². The first-order valence-electron chi connectivity index (χ1n) is 7.97. The van der Waals surface area contributed by atoms with Crippen LogP contribution in [0, 0.1) is 11.6 Å². The molecule has 0 fully saturated rings. The molecule has 2 aromatic carbocycles. The molecule has 2 rings (SSSR count). The van der Waals surface area contributed by atoms with Crippen molar-refractivity contribution in [3.63, 3.8) is 0 Å². The Bertz CT molecular complexity index is 843. The van der Waals surface area contributed by atoms with E-state index < -0.39 is 29.0 Å². The van der Waals surface area contributed by atoms with Gasteiger partial charge in [-0.3, -0.25) is 0 Å². The van der Waals surface area contributed by atoms with E-state index in [4.69, 9.17) is 9.47 Å². The molecule has 0 bridgehead atoms. The van der Waals surface area contributed by atoms with E-state index in [9.17, 15) is 18.4 Å². The lowest BCUT2D eigenvalue weighted by Crippen LogP contribution is -2.20. The minimum atomic E-state index is -0.774. The molecule has 0 amide bonds. The van der Waals surface area contributed by atoms with Gasteiger partial charge in [-0.15, -0.1) is 0 Å². The molecule has 0 aromatic heterocycles. The lowest BCUT2D eigenvalue weighted by atomic mass is 9.78. The summed E-state index contributed by atoms with van der Waals surface area (Å²) in [6.07, 6.45) is 1.86. The minimum Gasteiger partial charge on any atom is -0.420 e. The molecule has 4 nitrogen and oxygen atoms in total. The summed E-state index contributed by atoms with van der Waals surface area (Å²) in [7, 11) is 0. The summed E-state index contributed by atoms with van der Waals surface area (Å²) >= 11 is 0. The average molecular weight is 372 g/mol. The molecule has 0 N–H and O–H groups in total. The number of carbonyl (C=O) groups is 2. The van der Waals surface area contributed by atoms with Crippen LogP contribution in [0.25, 0.3) is 0 Å². The molecule has 0 spiro atoms. The molecule has 0 radical (unpaired) electrons. The second-order valence-corrected chi connectivity index (χ2v) is 6.17. The zero-order valence-electron chi connectivity index (χ0n) is 14.9. The third kappa shape index (κ3) is 4.47. The number of carbonyl (C=O) groups excluding carboxylic acids is 2. The van der Waals surface area contributed by atoms with Crippen molar-refractivity contribution in [1.82, 2.24) is 0 Å². The Morgan fingerprint density at radius 3 is 1.52 bits per heavy atom. The molecule has 0 unspecified atom stereocenters. The fraction of sp³-hybridized carbons (Fsp3) is 0.143. The van der Waals surface area contributed by atoms with E-state index in [1.165, 1.54) is 24.3 Å². The molecule has 0 aliphatic rings. The molecule has 0 saturated carbocycles. The van der Waals surface area contributed by atoms with Crippen molar-refractivity contribution in [2.24, 2.45) is 0 Å². The fourth-order valence-corrected chi connectivity index (χ4v) is 2.41. The molecule has 27 heavy (non-hydrogen) atoms. The van der Waals surface area contributed by atoms with Gasteiger partial charge >= 0.3 is 11.9 Å². The highest BCUT2D eigenvalue weighted by Gasteiger charge is 2.26. The highest BCUT2D eigenvalue weighted by Crippen LogP contribution is 2.35. The standard InChI is InChI=1S/C21H18F2O4/c1-5-19(24)26-17-9-7-13(11-15(17)22)21(3,4)14-8-10-18(16(23)12-14)27-20(25)6-2/h5-12H,1-2H2,3-4H3. The van der Waals surface area contributed by atoms with Crippen LogP contribution in [0.4, 0.5) is 8.78 Å². The van der Waals surface area contributed by atoms with Crippen molar-refractivity contribution in [3.8, 4) is 11.5 Å². The molecule has 0 heterocycles. The van der Waals surface area contributed by atoms with Crippen LogP contribution in [-0.4, -0.2) is 11.9 Å². The Morgan fingerprint density at radius 1 is 0.852 bits per heavy atom. The van der Waals surface area contributed by atoms with Crippen molar-refractivity contribution in [1.29, 1.82) is 0 Å². The van der Waals surface area contributed by atoms with Crippen molar-refractivity contribution in [2.45, 2.75) is 19.3 Å². The van der Waals surface area contributed by atoms with Gasteiger partial charge in [-0.2, -0.15) is 0 Å². The number of rotatable bonds is 6. The van der Waals surface area contributed by atoms with Gasteiger partial charge in [0.1, 0.15) is 0 Å². The summed E-state index contributed by atoms with van der Waals surface area (Å²) in [5, 5.41) is 0. The maximum Gasteiger partial charge on any atom is 0.335 e. The van der Waals surface area contributed by atoms with Crippen molar-refractivity contribution in [3.05, 3.63) is 84.5 Å². The lowest BCUT2D eigenvalue weighted by Gasteiger charge is -2.26. The van der Waals surface area contributed by atoms with Gasteiger partial charge in [0.05, 0.1) is 0 Å². The summed E-state index contributed by atoms with van der Waals surface area (Å²) in [5.74, 6) is -3.45. The van der Waals surface area contributed by atoms with Crippen LogP contribution < -0.4 is 9.47 Å². The van der Waals surface area contributed by atoms with E-state index in [-0.39, 0.29) is 11.5 Å². The number of benzene rings is 2. The largest absolute Gasteiger partial charge is 0.420 e. The van der Waals surface area contributed by atoms with E-state index >= 15 is 0 Å². The van der Waals surface area contributed by atoms with Crippen LogP contribution >= 0.6 is 0 Å². The van der Waals surface area contributed by atoms with Crippen LogP contribution in [0.1, 0.15) is 25.0 Å². The Labute approximate surface area is 155 Å². The van der Waals surface area contributed by atoms with E-state index in [0.29, 0.717) is 11.1 Å². The first kappa shape index (κ1) is 20.0. The Hall–Kier alpha value is -3.28. The van der Waals surface area contributed by atoms with Gasteiger partial charge in [0.15, 0.2) is 23.1 Å². The quantitative estimate of drug-likeness (QED) is 0.426. The van der Waals surface area contributed by atoms with Crippen molar-refractivity contribution in [2.75, 3.05) is 0 Å². The molecular weight excluding hydrogens is 354 g/mol. The number of ether oxygens (including phenoxy) is 2. The van der Waals surface area contributed by atoms with Crippen molar-refractivity contribution >= 4 is 11.9 Å². The lowest BCUT2D eigenvalue weighted by molar-refractivity contribution is -0.130. The SMILES string of the molecule is C=CC(=O)Oc1ccc(C(C)(C)c2ccc(OC(=O)C=C)c(F)c2)cc1F. The normalized spacial score (nSPS) is 10.8. The molecule has 0 saturated heterocycles. The van der Waals surface area contributed by atoms with Gasteiger partial charge in [-0.25, -0.2) is 18.4 Å². The molecule has 6 heteroatoms. The summed E-state index contributed by atoms with van der Waals surface area (Å²) < 4.78 is 38.1. The second-order valence-electron chi connectivity index (χ2n) is 6.17. The Morgan fingerprint density at radius 2 is 1.22 bits per heavy atom. The Balaban J connectivity index is 2.34. The molecular formula is C21H18F2O4. The maximum atomic E-state index is 14.3. The highest BCUT2D eigenvalue weighted by molar-refractivity contribution is 5.83. The monoisotopic (exact) mass is 372 g/mol. The number of hydrogen-bond acceptors (Lipinski definition) is 4. The second kappa shape index (κ2) is 7.95. The first-order chi connectivity index (χ1) is 12.7. The van der Waals surface area contributed by atoms with Gasteiger partial charge < -0.3 is 9.47 Å². The van der Waals surface area contributed by atoms with E-state index in [2.05, 4.69) is 13.2 Å². The summed E-state index contributed by atoms with van der Waals surface area (Å²) in [4.78, 5) is 22.4. The topological polar surface area (TPSA) is 52.6 Å². The summed E-state index contributed by atoms with van der Waals surface area (Å²) in [6, 6.07) is 8.25. The third-order valence-corrected chi connectivity index (χ3v) is 4.06. The van der Waals surface area contributed by atoms with Gasteiger partial charge in [0.25, 0.3) is 0 Å². The Kier molecular flexibility index (Phi) is 5.90. The number of halogens is 2. The summed E-state index contributed by atoms with van der Waals surface area (Å²) in [5.41, 5.74) is 0.297. The predicted octanol–water partition coefficient (Wildman–Crippen LogP) is 4.47. The zero-order chi connectivity index (χ0) is 20.2. The molecule has 0 aliphatic heterocycles. The average Bonchev–Trinajstić information content (AvgIpc) is 2.64. The van der Waals surface area contributed by atoms with E-state index in [0.717, 1.165) is 12.2 Å². The fourth-order valence-electron chi connectivity index (χ4n) is 2.41. The van der Waals surface area contributed by atoms with Crippen LogP contribution in [-0.2, 0) is 15.0 Å². The van der Waals surface area contributed by atoms with Crippen LogP contribution in [0.5, 0.6) is 11.5 Å².